The number of nitrogens with one attached hydrogen (secondary N) is 1. The third kappa shape index (κ3) is 2.42. The monoisotopic (exact) mass is 322 g/mol. The Morgan fingerprint density at radius 1 is 1.25 bits per heavy atom. The van der Waals surface area contributed by atoms with Crippen LogP contribution in [0.15, 0.2) is 36.4 Å². The largest absolute Gasteiger partial charge is 0.490 e. The molecule has 4 heteroatoms. The predicted molar refractivity (Wildman–Crippen MR) is 94.7 cm³/mol. The lowest BCUT2D eigenvalue weighted by molar-refractivity contribution is 0.100. The number of fused-ring (bicyclic) bond motifs is 3. The van der Waals surface area contributed by atoms with E-state index in [-0.39, 0.29) is 5.41 Å². The highest BCUT2D eigenvalue weighted by Gasteiger charge is 2.39. The van der Waals surface area contributed by atoms with Crippen LogP contribution in [0.5, 0.6) is 5.75 Å². The minimum absolute atomic E-state index is 0.0206. The first kappa shape index (κ1) is 15.1. The molecule has 1 aliphatic carbocycles. The summed E-state index contributed by atoms with van der Waals surface area (Å²) in [6, 6.07) is 12.1. The maximum atomic E-state index is 11.4. The summed E-state index contributed by atoms with van der Waals surface area (Å²) < 4.78 is 6.15. The molecule has 4 nitrogen and oxygen atoms in total. The number of aryl methyl sites for hydroxylation is 2. The molecule has 1 atom stereocenters. The molecule has 0 bridgehead atoms. The fraction of sp³-hybridized carbons (Fsp3) is 0.350. The molecule has 1 aliphatic heterocycles. The smallest absolute Gasteiger partial charge is 0.248 e. The van der Waals surface area contributed by atoms with Gasteiger partial charge in [-0.3, -0.25) is 4.79 Å². The molecular formula is C20H22N2O2. The van der Waals surface area contributed by atoms with Crippen LogP contribution in [0.25, 0.3) is 0 Å². The number of ether oxygens (including phenoxy) is 1. The number of rotatable bonds is 1. The van der Waals surface area contributed by atoms with Gasteiger partial charge >= 0.3 is 0 Å². The van der Waals surface area contributed by atoms with E-state index in [0.29, 0.717) is 12.2 Å². The second-order valence-electron chi connectivity index (χ2n) is 7.01. The third-order valence-electron chi connectivity index (χ3n) is 5.32. The van der Waals surface area contributed by atoms with Crippen molar-refractivity contribution in [3.05, 3.63) is 58.7 Å². The van der Waals surface area contributed by atoms with Crippen molar-refractivity contribution < 1.29 is 9.53 Å². The van der Waals surface area contributed by atoms with Crippen LogP contribution in [0, 0.1) is 6.92 Å². The van der Waals surface area contributed by atoms with Gasteiger partial charge in [0.1, 0.15) is 5.75 Å². The average molecular weight is 322 g/mol. The Bertz CT molecular complexity index is 815. The molecule has 124 valence electrons. The molecule has 4 rings (SSSR count). The highest BCUT2D eigenvalue weighted by atomic mass is 16.5. The number of amides is 1. The fourth-order valence-electron chi connectivity index (χ4n) is 4.01. The number of nitrogens with two attached hydrogens (primary N) is 1. The van der Waals surface area contributed by atoms with Crippen LogP contribution in [-0.2, 0) is 11.8 Å². The van der Waals surface area contributed by atoms with E-state index >= 15 is 0 Å². The van der Waals surface area contributed by atoms with Gasteiger partial charge in [-0.2, -0.15) is 0 Å². The minimum atomic E-state index is -0.419. The molecule has 2 aromatic rings. The Morgan fingerprint density at radius 2 is 2.12 bits per heavy atom. The molecule has 1 spiro atoms. The van der Waals surface area contributed by atoms with E-state index in [9.17, 15) is 4.79 Å². The van der Waals surface area contributed by atoms with E-state index < -0.39 is 5.91 Å². The second-order valence-corrected chi connectivity index (χ2v) is 7.01. The zero-order chi connectivity index (χ0) is 16.7. The van der Waals surface area contributed by atoms with Gasteiger partial charge in [-0.1, -0.05) is 23.8 Å². The van der Waals surface area contributed by atoms with Crippen molar-refractivity contribution in [1.82, 2.24) is 0 Å². The topological polar surface area (TPSA) is 64.3 Å². The molecule has 2 aromatic carbocycles. The first-order valence-electron chi connectivity index (χ1n) is 8.48. The average Bonchev–Trinajstić information content (AvgIpc) is 2.75. The standard InChI is InChI=1S/C20H22N2O2/c1-13-4-6-16-14(9-13)3-2-8-20(16)11-22-17-10-15(19(21)23)5-7-18(17)24-12-20/h4-7,9-10,22H,2-3,8,11-12H2,1H3,(H2,21,23)/t20-/m0/s1. The highest BCUT2D eigenvalue weighted by molar-refractivity contribution is 5.94. The zero-order valence-electron chi connectivity index (χ0n) is 13.9. The Hall–Kier alpha value is -2.49. The first-order valence-corrected chi connectivity index (χ1v) is 8.48. The number of hydrogen-bond donors (Lipinski definition) is 2. The van der Waals surface area contributed by atoms with Gasteiger partial charge in [0.05, 0.1) is 12.3 Å². The van der Waals surface area contributed by atoms with Gasteiger partial charge in [0, 0.05) is 17.5 Å². The number of anilines is 1. The first-order chi connectivity index (χ1) is 11.6. The Labute approximate surface area is 142 Å². The maximum Gasteiger partial charge on any atom is 0.248 e. The van der Waals surface area contributed by atoms with Crippen molar-refractivity contribution >= 4 is 11.6 Å². The van der Waals surface area contributed by atoms with Crippen LogP contribution in [0.2, 0.25) is 0 Å². The molecule has 0 radical (unpaired) electrons. The summed E-state index contributed by atoms with van der Waals surface area (Å²) >= 11 is 0. The van der Waals surface area contributed by atoms with Gasteiger partial charge in [-0.25, -0.2) is 0 Å². The molecule has 24 heavy (non-hydrogen) atoms. The molecule has 0 fully saturated rings. The van der Waals surface area contributed by atoms with E-state index in [4.69, 9.17) is 10.5 Å². The summed E-state index contributed by atoms with van der Waals surface area (Å²) in [4.78, 5) is 11.4. The highest BCUT2D eigenvalue weighted by Crippen LogP contribution is 2.41. The van der Waals surface area contributed by atoms with Crippen LogP contribution in [-0.4, -0.2) is 19.1 Å². The normalized spacial score (nSPS) is 21.9. The van der Waals surface area contributed by atoms with Gasteiger partial charge < -0.3 is 15.8 Å². The van der Waals surface area contributed by atoms with Crippen molar-refractivity contribution in [3.63, 3.8) is 0 Å². The van der Waals surface area contributed by atoms with E-state index in [1.54, 1.807) is 12.1 Å². The van der Waals surface area contributed by atoms with Crippen LogP contribution >= 0.6 is 0 Å². The number of primary amides is 1. The molecule has 0 saturated heterocycles. The van der Waals surface area contributed by atoms with Gasteiger partial charge in [-0.15, -0.1) is 0 Å². The molecule has 1 amide bonds. The third-order valence-corrected chi connectivity index (χ3v) is 5.32. The number of carbonyl (C=O) groups is 1. The van der Waals surface area contributed by atoms with Crippen LogP contribution in [0.3, 0.4) is 0 Å². The lowest BCUT2D eigenvalue weighted by atomic mass is 9.70. The summed E-state index contributed by atoms with van der Waals surface area (Å²) in [6.07, 6.45) is 3.41. The van der Waals surface area contributed by atoms with Gasteiger partial charge in [0.15, 0.2) is 0 Å². The molecule has 0 aromatic heterocycles. The summed E-state index contributed by atoms with van der Waals surface area (Å²) in [6.45, 7) is 3.60. The molecular weight excluding hydrogens is 300 g/mol. The van der Waals surface area contributed by atoms with E-state index in [1.165, 1.54) is 23.1 Å². The fourth-order valence-corrected chi connectivity index (χ4v) is 4.01. The Kier molecular flexibility index (Phi) is 3.48. The van der Waals surface area contributed by atoms with Gasteiger partial charge in [0.2, 0.25) is 5.91 Å². The summed E-state index contributed by atoms with van der Waals surface area (Å²) in [5.41, 5.74) is 10.9. The summed E-state index contributed by atoms with van der Waals surface area (Å²) in [5.74, 6) is 0.369. The van der Waals surface area contributed by atoms with Crippen molar-refractivity contribution in [1.29, 1.82) is 0 Å². The van der Waals surface area contributed by atoms with Crippen LogP contribution < -0.4 is 15.8 Å². The van der Waals surface area contributed by atoms with E-state index in [0.717, 1.165) is 30.8 Å². The lowest BCUT2D eigenvalue weighted by Gasteiger charge is -2.38. The summed E-state index contributed by atoms with van der Waals surface area (Å²) in [7, 11) is 0. The number of carbonyl (C=O) groups excluding carboxylic acids is 1. The second kappa shape index (κ2) is 5.55. The van der Waals surface area contributed by atoms with Crippen LogP contribution in [0.1, 0.15) is 39.9 Å². The quantitative estimate of drug-likeness (QED) is 0.847. The number of benzene rings is 2. The molecule has 2 aliphatic rings. The van der Waals surface area contributed by atoms with Gasteiger partial charge in [0.25, 0.3) is 0 Å². The van der Waals surface area contributed by atoms with E-state index in [1.807, 2.05) is 6.07 Å². The Balaban J connectivity index is 1.70. The van der Waals surface area contributed by atoms with Crippen molar-refractivity contribution in [3.8, 4) is 5.75 Å². The molecule has 0 saturated carbocycles. The van der Waals surface area contributed by atoms with Crippen LogP contribution in [0.4, 0.5) is 5.69 Å². The van der Waals surface area contributed by atoms with Gasteiger partial charge in [-0.05, 0) is 55.5 Å². The Morgan fingerprint density at radius 3 is 2.96 bits per heavy atom. The SMILES string of the molecule is Cc1ccc2c(c1)CCC[C@@]21CNc2cc(C(N)=O)ccc2OC1. The predicted octanol–water partition coefficient (Wildman–Crippen LogP) is 3.17. The molecule has 1 heterocycles. The number of hydrogen-bond acceptors (Lipinski definition) is 3. The van der Waals surface area contributed by atoms with E-state index in [2.05, 4.69) is 30.4 Å². The van der Waals surface area contributed by atoms with Crippen molar-refractivity contribution in [2.75, 3.05) is 18.5 Å². The molecule has 0 unspecified atom stereocenters. The van der Waals surface area contributed by atoms with Crippen molar-refractivity contribution in [2.24, 2.45) is 5.73 Å². The lowest BCUT2D eigenvalue weighted by Crippen LogP contribution is -2.41. The zero-order valence-corrected chi connectivity index (χ0v) is 13.9. The summed E-state index contributed by atoms with van der Waals surface area (Å²) in [5, 5.41) is 3.50. The molecule has 3 N–H and O–H groups in total. The maximum absolute atomic E-state index is 11.4. The van der Waals surface area contributed by atoms with Crippen molar-refractivity contribution in [2.45, 2.75) is 31.6 Å². The minimum Gasteiger partial charge on any atom is -0.490 e.